The van der Waals surface area contributed by atoms with Crippen molar-refractivity contribution in [3.63, 3.8) is 0 Å². The van der Waals surface area contributed by atoms with Crippen molar-refractivity contribution in [3.05, 3.63) is 33.9 Å². The summed E-state index contributed by atoms with van der Waals surface area (Å²) in [6.07, 6.45) is 5.88. The smallest absolute Gasteiger partial charge is 0.258 e. The minimum atomic E-state index is -3.65. The number of benzene rings is 1. The molecular formula is C17H22N2O4S. The quantitative estimate of drug-likeness (QED) is 0.668. The number of hydrogen-bond donors (Lipinski definition) is 1. The van der Waals surface area contributed by atoms with Gasteiger partial charge < -0.3 is 0 Å². The predicted octanol–water partition coefficient (Wildman–Crippen LogP) is 3.01. The summed E-state index contributed by atoms with van der Waals surface area (Å²) >= 11 is 0. The van der Waals surface area contributed by atoms with Crippen molar-refractivity contribution in [3.8, 4) is 0 Å². The molecule has 1 aromatic rings. The van der Waals surface area contributed by atoms with Crippen LogP contribution in [0.15, 0.2) is 23.1 Å². The van der Waals surface area contributed by atoms with E-state index in [2.05, 4.69) is 4.72 Å². The maximum atomic E-state index is 12.8. The average Bonchev–Trinajstić information content (AvgIpc) is 2.49. The molecule has 0 atom stereocenters. The summed E-state index contributed by atoms with van der Waals surface area (Å²) in [6.45, 7) is 1.61. The first kappa shape index (κ1) is 16.0. The summed E-state index contributed by atoms with van der Waals surface area (Å²) < 4.78 is 28.6. The minimum Gasteiger partial charge on any atom is -0.258 e. The van der Waals surface area contributed by atoms with Crippen LogP contribution in [-0.4, -0.2) is 19.4 Å². The van der Waals surface area contributed by atoms with Crippen molar-refractivity contribution in [2.45, 2.75) is 50.0 Å². The predicted molar refractivity (Wildman–Crippen MR) is 89.0 cm³/mol. The van der Waals surface area contributed by atoms with E-state index in [1.54, 1.807) is 6.92 Å². The van der Waals surface area contributed by atoms with Gasteiger partial charge in [0, 0.05) is 18.2 Å². The molecule has 4 fully saturated rings. The highest BCUT2D eigenvalue weighted by Gasteiger charge is 2.49. The Morgan fingerprint density at radius 1 is 1.08 bits per heavy atom. The van der Waals surface area contributed by atoms with Gasteiger partial charge in [-0.05, 0) is 74.3 Å². The summed E-state index contributed by atoms with van der Waals surface area (Å²) in [7, 11) is -3.65. The fraction of sp³-hybridized carbons (Fsp3) is 0.647. The Balaban J connectivity index is 1.59. The number of hydrogen-bond acceptors (Lipinski definition) is 4. The van der Waals surface area contributed by atoms with Crippen molar-refractivity contribution < 1.29 is 13.3 Å². The zero-order valence-electron chi connectivity index (χ0n) is 13.6. The molecule has 4 saturated carbocycles. The third-order valence-corrected chi connectivity index (χ3v) is 7.80. The van der Waals surface area contributed by atoms with Crippen LogP contribution in [0.3, 0.4) is 0 Å². The highest BCUT2D eigenvalue weighted by atomic mass is 32.2. The number of nitrogens with one attached hydrogen (secondary N) is 1. The Kier molecular flexibility index (Phi) is 3.69. The molecule has 6 nitrogen and oxygen atoms in total. The van der Waals surface area contributed by atoms with E-state index in [1.807, 2.05) is 0 Å². The van der Waals surface area contributed by atoms with Crippen LogP contribution in [0.2, 0.25) is 0 Å². The second kappa shape index (κ2) is 5.52. The minimum absolute atomic E-state index is 0.0254. The van der Waals surface area contributed by atoms with Crippen LogP contribution in [0, 0.1) is 40.7 Å². The molecule has 4 aliphatic carbocycles. The first-order chi connectivity index (χ1) is 11.3. The highest BCUT2D eigenvalue weighted by molar-refractivity contribution is 7.89. The summed E-state index contributed by atoms with van der Waals surface area (Å²) in [5.74, 6) is 2.48. The normalized spacial score (nSPS) is 34.5. The number of non-ortho nitro benzene ring substituents is 1. The van der Waals surface area contributed by atoms with Gasteiger partial charge in [-0.25, -0.2) is 13.1 Å². The average molecular weight is 350 g/mol. The van der Waals surface area contributed by atoms with E-state index in [0.29, 0.717) is 17.4 Å². The second-order valence-electron chi connectivity index (χ2n) is 7.78. The fourth-order valence-electron chi connectivity index (χ4n) is 5.41. The molecule has 4 bridgehead atoms. The molecule has 0 aliphatic heterocycles. The van der Waals surface area contributed by atoms with E-state index in [-0.39, 0.29) is 16.6 Å². The summed E-state index contributed by atoms with van der Waals surface area (Å²) in [5, 5.41) is 10.8. The molecule has 0 saturated heterocycles. The molecule has 4 aliphatic rings. The van der Waals surface area contributed by atoms with Crippen molar-refractivity contribution >= 4 is 15.7 Å². The van der Waals surface area contributed by atoms with Crippen molar-refractivity contribution in [2.24, 2.45) is 23.7 Å². The van der Waals surface area contributed by atoms with E-state index in [9.17, 15) is 18.5 Å². The van der Waals surface area contributed by atoms with Gasteiger partial charge in [-0.1, -0.05) is 0 Å². The van der Waals surface area contributed by atoms with Gasteiger partial charge in [0.15, 0.2) is 0 Å². The van der Waals surface area contributed by atoms with Gasteiger partial charge in [-0.3, -0.25) is 10.1 Å². The molecule has 0 radical (unpaired) electrons. The maximum absolute atomic E-state index is 12.8. The lowest BCUT2D eigenvalue weighted by Crippen LogP contribution is -2.55. The van der Waals surface area contributed by atoms with Crippen LogP contribution in [0.25, 0.3) is 0 Å². The molecule has 0 aromatic heterocycles. The number of nitro groups is 1. The number of rotatable bonds is 4. The van der Waals surface area contributed by atoms with Crippen LogP contribution < -0.4 is 4.72 Å². The van der Waals surface area contributed by atoms with E-state index in [4.69, 9.17) is 0 Å². The Bertz CT molecular complexity index is 762. The maximum Gasteiger partial charge on any atom is 0.269 e. The van der Waals surface area contributed by atoms with Gasteiger partial charge in [0.1, 0.15) is 0 Å². The van der Waals surface area contributed by atoms with Crippen LogP contribution in [-0.2, 0) is 10.0 Å². The van der Waals surface area contributed by atoms with Crippen LogP contribution in [0.4, 0.5) is 5.69 Å². The monoisotopic (exact) mass is 350 g/mol. The Hall–Kier alpha value is -1.47. The van der Waals surface area contributed by atoms with Crippen LogP contribution >= 0.6 is 0 Å². The first-order valence-corrected chi connectivity index (χ1v) is 10.1. The van der Waals surface area contributed by atoms with Gasteiger partial charge in [-0.15, -0.1) is 0 Å². The topological polar surface area (TPSA) is 89.3 Å². The fourth-order valence-corrected chi connectivity index (χ4v) is 7.01. The standard InChI is InChI=1S/C17H22N2O4S/c1-10-4-15(19(20)21)2-3-16(10)24(22,23)18-17-13-6-11-5-12(8-13)9-14(17)7-11/h2-4,11-14,17-18H,5-9H2,1H3. The number of aryl methyl sites for hydroxylation is 1. The van der Waals surface area contributed by atoms with Crippen LogP contribution in [0.1, 0.15) is 37.7 Å². The van der Waals surface area contributed by atoms with Gasteiger partial charge in [0.05, 0.1) is 9.82 Å². The molecule has 7 heteroatoms. The molecule has 0 unspecified atom stereocenters. The molecule has 0 amide bonds. The van der Waals surface area contributed by atoms with Crippen LogP contribution in [0.5, 0.6) is 0 Å². The van der Waals surface area contributed by atoms with E-state index in [0.717, 1.165) is 37.5 Å². The SMILES string of the molecule is Cc1cc([N+](=O)[O-])ccc1S(=O)(=O)NC1C2CC3CC(C2)CC1C3. The number of sulfonamides is 1. The lowest BCUT2D eigenvalue weighted by atomic mass is 9.54. The molecule has 5 rings (SSSR count). The van der Waals surface area contributed by atoms with Gasteiger partial charge in [0.2, 0.25) is 10.0 Å². The van der Waals surface area contributed by atoms with E-state index >= 15 is 0 Å². The molecule has 24 heavy (non-hydrogen) atoms. The second-order valence-corrected chi connectivity index (χ2v) is 9.47. The lowest BCUT2D eigenvalue weighted by molar-refractivity contribution is -0.385. The highest BCUT2D eigenvalue weighted by Crippen LogP contribution is 2.53. The van der Waals surface area contributed by atoms with Crippen molar-refractivity contribution in [1.82, 2.24) is 4.72 Å². The van der Waals surface area contributed by atoms with Crippen molar-refractivity contribution in [2.75, 3.05) is 0 Å². The van der Waals surface area contributed by atoms with Gasteiger partial charge >= 0.3 is 0 Å². The molecule has 0 spiro atoms. The zero-order chi connectivity index (χ0) is 17.1. The van der Waals surface area contributed by atoms with E-state index < -0.39 is 14.9 Å². The third kappa shape index (κ3) is 2.63. The molecule has 130 valence electrons. The lowest BCUT2D eigenvalue weighted by Gasteiger charge is -2.54. The molecule has 1 aromatic carbocycles. The zero-order valence-corrected chi connectivity index (χ0v) is 14.5. The van der Waals surface area contributed by atoms with Gasteiger partial charge in [-0.2, -0.15) is 0 Å². The first-order valence-electron chi connectivity index (χ1n) is 8.61. The summed E-state index contributed by atoms with van der Waals surface area (Å²) in [5.41, 5.74) is 0.335. The summed E-state index contributed by atoms with van der Waals surface area (Å²) in [4.78, 5) is 10.5. The largest absolute Gasteiger partial charge is 0.269 e. The Morgan fingerprint density at radius 3 is 2.17 bits per heavy atom. The van der Waals surface area contributed by atoms with Gasteiger partial charge in [0.25, 0.3) is 5.69 Å². The third-order valence-electron chi connectivity index (χ3n) is 6.18. The van der Waals surface area contributed by atoms with E-state index in [1.165, 1.54) is 24.6 Å². The summed E-state index contributed by atoms with van der Waals surface area (Å²) in [6, 6.07) is 3.97. The molecular weight excluding hydrogens is 328 g/mol. The number of nitro benzene ring substituents is 1. The Morgan fingerprint density at radius 2 is 1.67 bits per heavy atom. The van der Waals surface area contributed by atoms with Crippen molar-refractivity contribution in [1.29, 1.82) is 0 Å². The Labute approximate surface area is 141 Å². The molecule has 1 N–H and O–H groups in total. The number of nitrogens with zero attached hydrogens (tertiary/aromatic N) is 1. The molecule has 0 heterocycles.